The summed E-state index contributed by atoms with van der Waals surface area (Å²) in [6, 6.07) is 20.6. The summed E-state index contributed by atoms with van der Waals surface area (Å²) in [4.78, 5) is 19.7. The predicted octanol–water partition coefficient (Wildman–Crippen LogP) is 4.29. The van der Waals surface area contributed by atoms with Crippen LogP contribution >= 0.6 is 0 Å². The maximum absolute atomic E-state index is 12.4. The van der Waals surface area contributed by atoms with Gasteiger partial charge >= 0.3 is 0 Å². The van der Waals surface area contributed by atoms with Crippen LogP contribution in [0.1, 0.15) is 15.9 Å². The highest BCUT2D eigenvalue weighted by Crippen LogP contribution is 2.20. The Bertz CT molecular complexity index is 1040. The highest BCUT2D eigenvalue weighted by molar-refractivity contribution is 5.98. The molecule has 5 heteroatoms. The lowest BCUT2D eigenvalue weighted by molar-refractivity contribution is 0.0951. The van der Waals surface area contributed by atoms with Crippen molar-refractivity contribution >= 4 is 16.8 Å². The molecule has 2 aromatic carbocycles. The van der Waals surface area contributed by atoms with E-state index in [1.165, 1.54) is 0 Å². The van der Waals surface area contributed by atoms with Gasteiger partial charge in [0.1, 0.15) is 5.75 Å². The van der Waals surface area contributed by atoms with Gasteiger partial charge in [-0.2, -0.15) is 0 Å². The summed E-state index contributed by atoms with van der Waals surface area (Å²) in [6.07, 6.45) is 3.54. The SMILES string of the molecule is O=C(NCc1cccc(Oc2ccccn2)c1)c1ccc2[nH]ccc2c1. The molecule has 0 saturated carbocycles. The fourth-order valence-corrected chi connectivity index (χ4v) is 2.73. The van der Waals surface area contributed by atoms with Crippen LogP contribution in [0, 0.1) is 0 Å². The van der Waals surface area contributed by atoms with Gasteiger partial charge in [0.25, 0.3) is 5.91 Å². The van der Waals surface area contributed by atoms with Crippen molar-refractivity contribution in [2.75, 3.05) is 0 Å². The fraction of sp³-hybridized carbons (Fsp3) is 0.0476. The van der Waals surface area contributed by atoms with E-state index in [4.69, 9.17) is 4.74 Å². The molecule has 128 valence electrons. The number of hydrogen-bond acceptors (Lipinski definition) is 3. The molecule has 0 spiro atoms. The summed E-state index contributed by atoms with van der Waals surface area (Å²) >= 11 is 0. The van der Waals surface area contributed by atoms with E-state index in [2.05, 4.69) is 15.3 Å². The number of hydrogen-bond donors (Lipinski definition) is 2. The van der Waals surface area contributed by atoms with E-state index in [1.807, 2.05) is 66.9 Å². The van der Waals surface area contributed by atoms with Crippen molar-refractivity contribution in [3.05, 3.63) is 90.3 Å². The molecule has 0 unspecified atom stereocenters. The molecule has 2 N–H and O–H groups in total. The minimum absolute atomic E-state index is 0.107. The summed E-state index contributed by atoms with van der Waals surface area (Å²) < 4.78 is 5.72. The van der Waals surface area contributed by atoms with E-state index in [-0.39, 0.29) is 5.91 Å². The Morgan fingerprint density at radius 3 is 2.88 bits per heavy atom. The largest absolute Gasteiger partial charge is 0.439 e. The molecule has 1 amide bonds. The van der Waals surface area contributed by atoms with Crippen LogP contribution in [0.25, 0.3) is 10.9 Å². The van der Waals surface area contributed by atoms with Crippen molar-refractivity contribution in [1.82, 2.24) is 15.3 Å². The van der Waals surface area contributed by atoms with Gasteiger partial charge in [-0.3, -0.25) is 4.79 Å². The number of benzene rings is 2. The van der Waals surface area contributed by atoms with Crippen molar-refractivity contribution in [2.24, 2.45) is 0 Å². The number of nitrogens with one attached hydrogen (secondary N) is 2. The van der Waals surface area contributed by atoms with Crippen LogP contribution in [0.3, 0.4) is 0 Å². The number of rotatable bonds is 5. The highest BCUT2D eigenvalue weighted by atomic mass is 16.5. The van der Waals surface area contributed by atoms with E-state index >= 15 is 0 Å². The molecule has 0 radical (unpaired) electrons. The molecule has 0 saturated heterocycles. The minimum atomic E-state index is -0.107. The highest BCUT2D eigenvalue weighted by Gasteiger charge is 2.07. The zero-order valence-electron chi connectivity index (χ0n) is 14.0. The Balaban J connectivity index is 1.42. The van der Waals surface area contributed by atoms with E-state index < -0.39 is 0 Å². The first kappa shape index (κ1) is 15.9. The third-order valence-electron chi connectivity index (χ3n) is 4.03. The van der Waals surface area contributed by atoms with Crippen LogP contribution in [0.15, 0.2) is 79.1 Å². The van der Waals surface area contributed by atoms with Crippen molar-refractivity contribution in [3.8, 4) is 11.6 Å². The summed E-state index contributed by atoms with van der Waals surface area (Å²) in [5.74, 6) is 1.11. The zero-order valence-corrected chi connectivity index (χ0v) is 14.0. The first-order chi connectivity index (χ1) is 12.8. The molecule has 5 nitrogen and oxygen atoms in total. The molecule has 2 heterocycles. The number of aromatic amines is 1. The van der Waals surface area contributed by atoms with Crippen molar-refractivity contribution < 1.29 is 9.53 Å². The third kappa shape index (κ3) is 3.57. The second-order valence-electron chi connectivity index (χ2n) is 5.88. The Labute approximate surface area is 150 Å². The lowest BCUT2D eigenvalue weighted by Crippen LogP contribution is -2.22. The van der Waals surface area contributed by atoms with Gasteiger partial charge in [-0.05, 0) is 48.0 Å². The van der Waals surface area contributed by atoms with E-state index in [9.17, 15) is 4.79 Å². The third-order valence-corrected chi connectivity index (χ3v) is 4.03. The van der Waals surface area contributed by atoms with Gasteiger partial charge in [0.15, 0.2) is 0 Å². The lowest BCUT2D eigenvalue weighted by Gasteiger charge is -2.08. The number of pyridine rings is 1. The quantitative estimate of drug-likeness (QED) is 0.568. The van der Waals surface area contributed by atoms with Crippen LogP contribution in [0.2, 0.25) is 0 Å². The number of ether oxygens (including phenoxy) is 1. The van der Waals surface area contributed by atoms with Crippen LogP contribution in [0.4, 0.5) is 0 Å². The van der Waals surface area contributed by atoms with Gasteiger partial charge < -0.3 is 15.0 Å². The number of aromatic nitrogens is 2. The lowest BCUT2D eigenvalue weighted by atomic mass is 10.1. The first-order valence-electron chi connectivity index (χ1n) is 8.31. The van der Waals surface area contributed by atoms with Gasteiger partial charge in [-0.15, -0.1) is 0 Å². The number of H-pyrrole nitrogens is 1. The molecule has 26 heavy (non-hydrogen) atoms. The number of carbonyl (C=O) groups is 1. The van der Waals surface area contributed by atoms with Gasteiger partial charge in [0.2, 0.25) is 5.88 Å². The van der Waals surface area contributed by atoms with E-state index in [0.29, 0.717) is 23.7 Å². The Morgan fingerprint density at radius 1 is 1.04 bits per heavy atom. The minimum Gasteiger partial charge on any atom is -0.439 e. The summed E-state index contributed by atoms with van der Waals surface area (Å²) in [5.41, 5.74) is 2.61. The second-order valence-corrected chi connectivity index (χ2v) is 5.88. The molecule has 0 bridgehead atoms. The Morgan fingerprint density at radius 2 is 2.00 bits per heavy atom. The van der Waals surface area contributed by atoms with Gasteiger partial charge in [0.05, 0.1) is 0 Å². The molecule has 0 aliphatic carbocycles. The van der Waals surface area contributed by atoms with Crippen molar-refractivity contribution in [1.29, 1.82) is 0 Å². The normalized spacial score (nSPS) is 10.6. The van der Waals surface area contributed by atoms with Crippen molar-refractivity contribution in [2.45, 2.75) is 6.54 Å². The maximum atomic E-state index is 12.4. The fourth-order valence-electron chi connectivity index (χ4n) is 2.73. The van der Waals surface area contributed by atoms with Crippen LogP contribution in [0.5, 0.6) is 11.6 Å². The number of amides is 1. The zero-order chi connectivity index (χ0) is 17.8. The maximum Gasteiger partial charge on any atom is 0.251 e. The molecule has 2 aromatic heterocycles. The standard InChI is InChI=1S/C21H17N3O2/c25-21(17-7-8-19-16(13-17)9-11-22-19)24-14-15-4-3-5-18(12-15)26-20-6-1-2-10-23-20/h1-13,22H,14H2,(H,24,25). The number of fused-ring (bicyclic) bond motifs is 1. The molecule has 0 fully saturated rings. The second kappa shape index (κ2) is 7.11. The van der Waals surface area contributed by atoms with E-state index in [1.54, 1.807) is 12.3 Å². The molecular formula is C21H17N3O2. The predicted molar refractivity (Wildman–Crippen MR) is 100 cm³/mol. The Kier molecular flexibility index (Phi) is 4.35. The molecule has 4 rings (SSSR count). The topological polar surface area (TPSA) is 67.0 Å². The molecule has 0 aliphatic heterocycles. The summed E-state index contributed by atoms with van der Waals surface area (Å²) in [5, 5.41) is 3.96. The first-order valence-corrected chi connectivity index (χ1v) is 8.31. The van der Waals surface area contributed by atoms with E-state index in [0.717, 1.165) is 16.5 Å². The number of carbonyl (C=O) groups excluding carboxylic acids is 1. The molecular weight excluding hydrogens is 326 g/mol. The molecule has 4 aromatic rings. The number of nitrogens with zero attached hydrogens (tertiary/aromatic N) is 1. The van der Waals surface area contributed by atoms with Gasteiger partial charge in [-0.1, -0.05) is 18.2 Å². The average Bonchev–Trinajstić information content (AvgIpc) is 3.15. The molecule has 0 atom stereocenters. The molecule has 0 aliphatic rings. The van der Waals surface area contributed by atoms with Crippen LogP contribution in [-0.4, -0.2) is 15.9 Å². The monoisotopic (exact) mass is 343 g/mol. The average molecular weight is 343 g/mol. The smallest absolute Gasteiger partial charge is 0.251 e. The van der Waals surface area contributed by atoms with Crippen molar-refractivity contribution in [3.63, 3.8) is 0 Å². The van der Waals surface area contributed by atoms with Crippen LogP contribution < -0.4 is 10.1 Å². The van der Waals surface area contributed by atoms with Gasteiger partial charge in [-0.25, -0.2) is 4.98 Å². The Hall–Kier alpha value is -3.60. The summed E-state index contributed by atoms with van der Waals surface area (Å²) in [7, 11) is 0. The van der Waals surface area contributed by atoms with Gasteiger partial charge in [0, 0.05) is 41.5 Å². The van der Waals surface area contributed by atoms with Crippen LogP contribution in [-0.2, 0) is 6.54 Å². The summed E-state index contributed by atoms with van der Waals surface area (Å²) in [6.45, 7) is 0.420.